The van der Waals surface area contributed by atoms with E-state index in [-0.39, 0.29) is 11.8 Å². The van der Waals surface area contributed by atoms with Crippen molar-refractivity contribution in [1.82, 2.24) is 5.32 Å². The first-order chi connectivity index (χ1) is 14.9. The first-order valence-electron chi connectivity index (χ1n) is 10.2. The highest BCUT2D eigenvalue weighted by Crippen LogP contribution is 2.44. The molecule has 1 aliphatic rings. The van der Waals surface area contributed by atoms with Crippen molar-refractivity contribution in [2.45, 2.75) is 26.8 Å². The van der Waals surface area contributed by atoms with E-state index in [0.717, 1.165) is 33.4 Å². The van der Waals surface area contributed by atoms with Crippen molar-refractivity contribution < 1.29 is 14.4 Å². The Hall–Kier alpha value is -3.57. The van der Waals surface area contributed by atoms with Crippen molar-refractivity contribution in [2.75, 3.05) is 7.05 Å². The molecule has 0 saturated heterocycles. The van der Waals surface area contributed by atoms with Crippen LogP contribution in [0.2, 0.25) is 0 Å². The lowest BCUT2D eigenvalue weighted by Crippen LogP contribution is -2.15. The highest BCUT2D eigenvalue weighted by Gasteiger charge is 2.29. The molecule has 1 unspecified atom stereocenters. The number of carbonyl (C=O) groups is 2. The molecule has 0 bridgehead atoms. The molecule has 3 aromatic carbocycles. The lowest BCUT2D eigenvalue weighted by Gasteiger charge is -2.13. The van der Waals surface area contributed by atoms with Gasteiger partial charge in [-0.25, -0.2) is 4.79 Å². The third-order valence-corrected chi connectivity index (χ3v) is 5.69. The quantitative estimate of drug-likeness (QED) is 0.283. The maximum atomic E-state index is 13.2. The molecule has 31 heavy (non-hydrogen) atoms. The molecular formula is C26H24N2O3. The number of fused-ring (bicyclic) bond motifs is 3. The van der Waals surface area contributed by atoms with Crippen molar-refractivity contribution in [3.63, 3.8) is 0 Å². The van der Waals surface area contributed by atoms with Crippen LogP contribution >= 0.6 is 0 Å². The van der Waals surface area contributed by atoms with E-state index in [1.165, 1.54) is 6.92 Å². The Kier molecular flexibility index (Phi) is 5.53. The Bertz CT molecular complexity index is 1230. The number of benzene rings is 3. The SMILES string of the molecule is CNC1c2ccc(C(=O)c3ccccc3C)cc2-c2cc(/C(C)=N/OC(C)=O)ccc21. The Morgan fingerprint density at radius 2 is 1.52 bits per heavy atom. The number of hydrogen-bond donors (Lipinski definition) is 1. The standard InChI is InChI=1S/C26H24N2O3/c1-15-7-5-6-8-20(15)26(30)19-10-12-22-24(14-19)23-13-18(16(2)28-31-17(3)29)9-11-21(23)25(22)27-4/h5-14,25,27H,1-4H3/b28-16+. The lowest BCUT2D eigenvalue weighted by atomic mass is 9.95. The minimum Gasteiger partial charge on any atom is -0.318 e. The Morgan fingerprint density at radius 1 is 0.903 bits per heavy atom. The molecule has 0 aliphatic heterocycles. The van der Waals surface area contributed by atoms with Gasteiger partial charge in [-0.05, 0) is 66.4 Å². The largest absolute Gasteiger partial charge is 0.331 e. The smallest absolute Gasteiger partial charge is 0.318 e. The van der Waals surface area contributed by atoms with E-state index < -0.39 is 5.97 Å². The van der Waals surface area contributed by atoms with Gasteiger partial charge >= 0.3 is 5.97 Å². The molecule has 1 N–H and O–H groups in total. The van der Waals surface area contributed by atoms with Crippen LogP contribution in [0.5, 0.6) is 0 Å². The Labute approximate surface area is 181 Å². The third-order valence-electron chi connectivity index (χ3n) is 5.69. The third kappa shape index (κ3) is 3.80. The fourth-order valence-electron chi connectivity index (χ4n) is 4.10. The lowest BCUT2D eigenvalue weighted by molar-refractivity contribution is -0.140. The van der Waals surface area contributed by atoms with Crippen LogP contribution in [0, 0.1) is 6.92 Å². The average Bonchev–Trinajstić information content (AvgIpc) is 3.09. The summed E-state index contributed by atoms with van der Waals surface area (Å²) in [7, 11) is 1.93. The van der Waals surface area contributed by atoms with Gasteiger partial charge in [-0.2, -0.15) is 0 Å². The minimum absolute atomic E-state index is 0.0131. The van der Waals surface area contributed by atoms with Crippen LogP contribution in [0.4, 0.5) is 0 Å². The summed E-state index contributed by atoms with van der Waals surface area (Å²) in [6.45, 7) is 5.07. The molecule has 0 saturated carbocycles. The Balaban J connectivity index is 1.79. The van der Waals surface area contributed by atoms with Crippen LogP contribution in [0.1, 0.15) is 58.1 Å². The second-order valence-corrected chi connectivity index (χ2v) is 7.73. The van der Waals surface area contributed by atoms with Gasteiger partial charge in [0.2, 0.25) is 0 Å². The van der Waals surface area contributed by atoms with Gasteiger partial charge in [0, 0.05) is 18.1 Å². The van der Waals surface area contributed by atoms with E-state index in [9.17, 15) is 9.59 Å². The van der Waals surface area contributed by atoms with Gasteiger partial charge in [-0.15, -0.1) is 0 Å². The number of hydrogen-bond acceptors (Lipinski definition) is 5. The first kappa shape index (κ1) is 20.7. The maximum Gasteiger partial charge on any atom is 0.331 e. The van der Waals surface area contributed by atoms with Crippen LogP contribution in [-0.4, -0.2) is 24.5 Å². The molecule has 1 aliphatic carbocycles. The van der Waals surface area contributed by atoms with Crippen LogP contribution in [0.25, 0.3) is 11.1 Å². The van der Waals surface area contributed by atoms with Crippen LogP contribution in [0.3, 0.4) is 0 Å². The van der Waals surface area contributed by atoms with Crippen LogP contribution in [0.15, 0.2) is 65.8 Å². The molecule has 0 heterocycles. The van der Waals surface area contributed by atoms with Gasteiger partial charge in [0.1, 0.15) is 0 Å². The number of nitrogens with zero attached hydrogens (tertiary/aromatic N) is 1. The zero-order valence-electron chi connectivity index (χ0n) is 18.0. The van der Waals surface area contributed by atoms with E-state index in [1.54, 1.807) is 6.92 Å². The summed E-state index contributed by atoms with van der Waals surface area (Å²) in [5, 5.41) is 7.28. The number of nitrogens with one attached hydrogen (secondary N) is 1. The summed E-state index contributed by atoms with van der Waals surface area (Å²) >= 11 is 0. The van der Waals surface area contributed by atoms with E-state index >= 15 is 0 Å². The van der Waals surface area contributed by atoms with E-state index in [4.69, 9.17) is 4.84 Å². The second kappa shape index (κ2) is 8.28. The van der Waals surface area contributed by atoms with Crippen molar-refractivity contribution >= 4 is 17.5 Å². The van der Waals surface area contributed by atoms with E-state index in [0.29, 0.717) is 16.8 Å². The summed E-state index contributed by atoms with van der Waals surface area (Å²) in [5.74, 6) is -0.445. The predicted molar refractivity (Wildman–Crippen MR) is 121 cm³/mol. The summed E-state index contributed by atoms with van der Waals surface area (Å²) in [5.41, 5.74) is 8.14. The summed E-state index contributed by atoms with van der Waals surface area (Å²) < 4.78 is 0. The van der Waals surface area contributed by atoms with Gasteiger partial charge < -0.3 is 10.2 Å². The van der Waals surface area contributed by atoms with Crippen molar-refractivity contribution in [1.29, 1.82) is 0 Å². The highest BCUT2D eigenvalue weighted by atomic mass is 16.7. The topological polar surface area (TPSA) is 67.8 Å². The van der Waals surface area contributed by atoms with Gasteiger partial charge in [0.05, 0.1) is 11.8 Å². The minimum atomic E-state index is -0.458. The van der Waals surface area contributed by atoms with Crippen molar-refractivity contribution in [2.24, 2.45) is 5.16 Å². The number of ketones is 1. The number of oxime groups is 1. The monoisotopic (exact) mass is 412 g/mol. The Morgan fingerprint density at radius 3 is 2.13 bits per heavy atom. The number of aryl methyl sites for hydroxylation is 1. The van der Waals surface area contributed by atoms with E-state index in [2.05, 4.69) is 16.5 Å². The number of rotatable bonds is 5. The molecule has 0 aromatic heterocycles. The predicted octanol–water partition coefficient (Wildman–Crippen LogP) is 4.80. The van der Waals surface area contributed by atoms with E-state index in [1.807, 2.05) is 68.6 Å². The fourth-order valence-corrected chi connectivity index (χ4v) is 4.10. The molecule has 5 nitrogen and oxygen atoms in total. The summed E-state index contributed by atoms with van der Waals surface area (Å²) in [6.07, 6.45) is 0. The first-order valence-corrected chi connectivity index (χ1v) is 10.2. The molecular weight excluding hydrogens is 388 g/mol. The number of carbonyl (C=O) groups excluding carboxylic acids is 2. The summed E-state index contributed by atoms with van der Waals surface area (Å²) in [4.78, 5) is 29.0. The van der Waals surface area contributed by atoms with Crippen molar-refractivity contribution in [3.05, 3.63) is 94.0 Å². The zero-order chi connectivity index (χ0) is 22.1. The van der Waals surface area contributed by atoms with Gasteiger partial charge in [-0.1, -0.05) is 53.7 Å². The zero-order valence-corrected chi connectivity index (χ0v) is 18.0. The molecule has 0 fully saturated rings. The van der Waals surface area contributed by atoms with Crippen LogP contribution < -0.4 is 5.32 Å². The second-order valence-electron chi connectivity index (χ2n) is 7.73. The maximum absolute atomic E-state index is 13.2. The summed E-state index contributed by atoms with van der Waals surface area (Å²) in [6, 6.07) is 19.6. The average molecular weight is 412 g/mol. The molecule has 0 amide bonds. The molecule has 0 spiro atoms. The molecule has 156 valence electrons. The highest BCUT2D eigenvalue weighted by molar-refractivity contribution is 6.11. The van der Waals surface area contributed by atoms with Crippen molar-refractivity contribution in [3.8, 4) is 11.1 Å². The normalized spacial score (nSPS) is 14.7. The molecule has 1 atom stereocenters. The molecule has 3 aromatic rings. The fraction of sp³-hybridized carbons (Fsp3) is 0.192. The van der Waals surface area contributed by atoms with Gasteiger partial charge in [-0.3, -0.25) is 4.79 Å². The molecule has 0 radical (unpaired) electrons. The van der Waals surface area contributed by atoms with Gasteiger partial charge in [0.15, 0.2) is 5.78 Å². The molecule has 5 heteroatoms. The molecule has 4 rings (SSSR count). The van der Waals surface area contributed by atoms with Crippen LogP contribution in [-0.2, 0) is 9.63 Å². The van der Waals surface area contributed by atoms with Gasteiger partial charge in [0.25, 0.3) is 0 Å².